The molecule has 1 saturated heterocycles. The molecule has 0 saturated carbocycles. The third-order valence-corrected chi connectivity index (χ3v) is 5.86. The Morgan fingerprint density at radius 2 is 1.85 bits per heavy atom. The Balaban J connectivity index is 1.77. The second-order valence-corrected chi connectivity index (χ2v) is 9.63. The Morgan fingerprint density at radius 3 is 2.42 bits per heavy atom. The van der Waals surface area contributed by atoms with Crippen molar-refractivity contribution < 1.29 is 14.4 Å². The van der Waals surface area contributed by atoms with Gasteiger partial charge in [0.25, 0.3) is 5.56 Å². The molecule has 0 bridgehead atoms. The Bertz CT molecular complexity index is 1130. The number of carbonyl (C=O) groups excluding carboxylic acids is 3. The van der Waals surface area contributed by atoms with Crippen molar-refractivity contribution in [3.63, 3.8) is 0 Å². The van der Waals surface area contributed by atoms with Crippen molar-refractivity contribution in [1.82, 2.24) is 14.5 Å². The number of nitrogens with two attached hydrogens (primary N) is 1. The molecule has 0 unspecified atom stereocenters. The van der Waals surface area contributed by atoms with Crippen LogP contribution in [-0.2, 0) is 20.9 Å². The zero-order valence-electron chi connectivity index (χ0n) is 18.9. The van der Waals surface area contributed by atoms with Crippen molar-refractivity contribution in [2.24, 2.45) is 17.1 Å². The van der Waals surface area contributed by atoms with Gasteiger partial charge in [0.15, 0.2) is 0 Å². The quantitative estimate of drug-likeness (QED) is 0.688. The van der Waals surface area contributed by atoms with Gasteiger partial charge in [-0.15, -0.1) is 0 Å². The largest absolute Gasteiger partial charge is 0.369 e. The molecule has 0 spiro atoms. The maximum atomic E-state index is 12.7. The van der Waals surface area contributed by atoms with Crippen LogP contribution in [-0.4, -0.2) is 45.3 Å². The van der Waals surface area contributed by atoms with Crippen LogP contribution in [0.5, 0.6) is 0 Å². The molecular formula is C23H28ClN5O4. The van der Waals surface area contributed by atoms with Gasteiger partial charge in [-0.25, -0.2) is 4.98 Å². The molecule has 2 heterocycles. The number of amides is 3. The highest BCUT2D eigenvalue weighted by molar-refractivity contribution is 6.31. The number of rotatable bonds is 5. The van der Waals surface area contributed by atoms with Gasteiger partial charge in [-0.3, -0.25) is 23.7 Å². The van der Waals surface area contributed by atoms with E-state index < -0.39 is 11.0 Å². The van der Waals surface area contributed by atoms with Crippen molar-refractivity contribution >= 4 is 35.0 Å². The molecule has 1 aliphatic rings. The number of nitrogens with zero attached hydrogens (tertiary/aromatic N) is 3. The number of nitrogens with one attached hydrogen (secondary N) is 1. The predicted octanol–water partition coefficient (Wildman–Crippen LogP) is 2.27. The molecule has 0 aliphatic carbocycles. The van der Waals surface area contributed by atoms with Gasteiger partial charge in [-0.2, -0.15) is 0 Å². The topological polar surface area (TPSA) is 127 Å². The molecule has 3 rings (SSSR count). The first-order valence-electron chi connectivity index (χ1n) is 10.7. The van der Waals surface area contributed by atoms with Gasteiger partial charge < -0.3 is 16.0 Å². The number of halogens is 1. The summed E-state index contributed by atoms with van der Waals surface area (Å²) in [6, 6.07) is 6.26. The number of carbonyl (C=O) groups is 3. The fraction of sp³-hybridized carbons (Fsp3) is 0.435. The molecule has 2 aromatic rings. The lowest BCUT2D eigenvalue weighted by atomic mass is 9.95. The van der Waals surface area contributed by atoms with Crippen molar-refractivity contribution in [3.05, 3.63) is 46.0 Å². The summed E-state index contributed by atoms with van der Waals surface area (Å²) in [5, 5.41) is 3.28. The average Bonchev–Trinajstić information content (AvgIpc) is 2.74. The van der Waals surface area contributed by atoms with Gasteiger partial charge in [0.1, 0.15) is 6.54 Å². The zero-order valence-corrected chi connectivity index (χ0v) is 19.7. The van der Waals surface area contributed by atoms with E-state index in [9.17, 15) is 19.2 Å². The molecular weight excluding hydrogens is 446 g/mol. The highest BCUT2D eigenvalue weighted by Crippen LogP contribution is 2.30. The van der Waals surface area contributed by atoms with Gasteiger partial charge in [0.2, 0.25) is 17.7 Å². The molecule has 3 N–H and O–H groups in total. The summed E-state index contributed by atoms with van der Waals surface area (Å²) in [5.74, 6) is -0.993. The summed E-state index contributed by atoms with van der Waals surface area (Å²) in [5.41, 5.74) is 5.65. The molecule has 1 fully saturated rings. The first-order valence-corrected chi connectivity index (χ1v) is 11.1. The molecule has 0 atom stereocenters. The monoisotopic (exact) mass is 473 g/mol. The summed E-state index contributed by atoms with van der Waals surface area (Å²) >= 11 is 6.11. The molecule has 33 heavy (non-hydrogen) atoms. The number of likely N-dealkylation sites (tertiary alicyclic amines) is 1. The van der Waals surface area contributed by atoms with E-state index in [-0.39, 0.29) is 30.2 Å². The van der Waals surface area contributed by atoms with E-state index in [0.717, 1.165) is 0 Å². The smallest absolute Gasteiger partial charge is 0.254 e. The fourth-order valence-electron chi connectivity index (χ4n) is 3.50. The number of hydrogen-bond donors (Lipinski definition) is 2. The summed E-state index contributed by atoms with van der Waals surface area (Å²) in [6.07, 6.45) is 2.36. The third-order valence-electron chi connectivity index (χ3n) is 5.62. The van der Waals surface area contributed by atoms with Gasteiger partial charge in [-0.05, 0) is 31.0 Å². The van der Waals surface area contributed by atoms with Crippen molar-refractivity contribution in [2.75, 3.05) is 18.4 Å². The summed E-state index contributed by atoms with van der Waals surface area (Å²) in [7, 11) is 0. The van der Waals surface area contributed by atoms with Crippen LogP contribution in [0.2, 0.25) is 5.02 Å². The molecule has 176 valence electrons. The van der Waals surface area contributed by atoms with Gasteiger partial charge in [0.05, 0.1) is 17.7 Å². The van der Waals surface area contributed by atoms with Gasteiger partial charge in [-0.1, -0.05) is 32.4 Å². The number of hydrogen-bond acceptors (Lipinski definition) is 5. The molecule has 0 radical (unpaired) electrons. The first kappa shape index (κ1) is 24.4. The Hall–Kier alpha value is -3.20. The fourth-order valence-corrected chi connectivity index (χ4v) is 3.68. The number of primary amides is 1. The van der Waals surface area contributed by atoms with Crippen LogP contribution in [0.1, 0.15) is 33.6 Å². The van der Waals surface area contributed by atoms with E-state index in [1.54, 1.807) is 43.9 Å². The Morgan fingerprint density at radius 1 is 1.18 bits per heavy atom. The van der Waals surface area contributed by atoms with Crippen molar-refractivity contribution in [2.45, 2.75) is 40.2 Å². The van der Waals surface area contributed by atoms with Crippen LogP contribution >= 0.6 is 11.6 Å². The third kappa shape index (κ3) is 5.98. The molecule has 1 aliphatic heterocycles. The van der Waals surface area contributed by atoms with Crippen LogP contribution < -0.4 is 16.6 Å². The lowest BCUT2D eigenvalue weighted by Gasteiger charge is -2.30. The molecule has 10 heteroatoms. The molecule has 1 aromatic carbocycles. The van der Waals surface area contributed by atoms with E-state index in [0.29, 0.717) is 47.9 Å². The van der Waals surface area contributed by atoms with Gasteiger partial charge >= 0.3 is 0 Å². The van der Waals surface area contributed by atoms with Crippen LogP contribution in [0.3, 0.4) is 0 Å². The van der Waals surface area contributed by atoms with Gasteiger partial charge in [0, 0.05) is 41.1 Å². The standard InChI is InChI=1S/C23H28ClN5O4/c1-23(2,3)22(33)27-18-10-15(24)4-5-16(18)17-11-19(30)29(13-26-17)12-20(31)28-8-6-14(7-9-28)21(25)32/h4-5,10-11,13-14H,6-9,12H2,1-3H3,(H2,25,32)(H,27,33). The highest BCUT2D eigenvalue weighted by Gasteiger charge is 2.26. The minimum atomic E-state index is -0.622. The highest BCUT2D eigenvalue weighted by atomic mass is 35.5. The van der Waals surface area contributed by atoms with E-state index in [1.807, 2.05) is 0 Å². The van der Waals surface area contributed by atoms with E-state index in [2.05, 4.69) is 10.3 Å². The minimum absolute atomic E-state index is 0.151. The van der Waals surface area contributed by atoms with E-state index >= 15 is 0 Å². The summed E-state index contributed by atoms with van der Waals surface area (Å²) in [6.45, 7) is 6.07. The second-order valence-electron chi connectivity index (χ2n) is 9.19. The average molecular weight is 474 g/mol. The Labute approximate surface area is 196 Å². The number of anilines is 1. The molecule has 1 aromatic heterocycles. The van der Waals surface area contributed by atoms with Crippen molar-refractivity contribution in [3.8, 4) is 11.3 Å². The number of benzene rings is 1. The zero-order chi connectivity index (χ0) is 24.3. The van der Waals surface area contributed by atoms with E-state index in [4.69, 9.17) is 17.3 Å². The van der Waals surface area contributed by atoms with Crippen LogP contribution in [0, 0.1) is 11.3 Å². The number of piperidine rings is 1. The normalized spacial score (nSPS) is 14.7. The maximum Gasteiger partial charge on any atom is 0.254 e. The summed E-state index contributed by atoms with van der Waals surface area (Å²) in [4.78, 5) is 55.1. The number of aromatic nitrogens is 2. The Kier molecular flexibility index (Phi) is 7.22. The summed E-state index contributed by atoms with van der Waals surface area (Å²) < 4.78 is 1.23. The lowest BCUT2D eigenvalue weighted by Crippen LogP contribution is -2.43. The molecule has 3 amide bonds. The maximum absolute atomic E-state index is 12.7. The van der Waals surface area contributed by atoms with Crippen molar-refractivity contribution in [1.29, 1.82) is 0 Å². The van der Waals surface area contributed by atoms with Crippen LogP contribution in [0.25, 0.3) is 11.3 Å². The second kappa shape index (κ2) is 9.74. The predicted molar refractivity (Wildman–Crippen MR) is 126 cm³/mol. The first-order chi connectivity index (χ1) is 15.5. The van der Waals surface area contributed by atoms with E-state index in [1.165, 1.54) is 17.0 Å². The molecule has 9 nitrogen and oxygen atoms in total. The SMILES string of the molecule is CC(C)(C)C(=O)Nc1cc(Cl)ccc1-c1cc(=O)n(CC(=O)N2CCC(C(N)=O)CC2)cn1. The lowest BCUT2D eigenvalue weighted by molar-refractivity contribution is -0.135. The van der Waals surface area contributed by atoms with Crippen LogP contribution in [0.4, 0.5) is 5.69 Å². The van der Waals surface area contributed by atoms with Crippen LogP contribution in [0.15, 0.2) is 35.4 Å². The minimum Gasteiger partial charge on any atom is -0.369 e.